The van der Waals surface area contributed by atoms with Gasteiger partial charge in [0, 0.05) is 25.2 Å². The molecule has 0 spiro atoms. The Kier molecular flexibility index (Phi) is 7.20. The average Bonchev–Trinajstić information content (AvgIpc) is 2.59. The smallest absolute Gasteiger partial charge is 0.251 e. The van der Waals surface area contributed by atoms with E-state index in [0.29, 0.717) is 12.1 Å². The zero-order valence-electron chi connectivity index (χ0n) is 14.9. The van der Waals surface area contributed by atoms with Gasteiger partial charge in [-0.25, -0.2) is 8.42 Å². The van der Waals surface area contributed by atoms with Gasteiger partial charge in [-0.15, -0.1) is 6.58 Å². The third-order valence-corrected chi connectivity index (χ3v) is 6.68. The Balaban J connectivity index is 2.19. The molecule has 0 saturated heterocycles. The number of hydrogen-bond donors (Lipinski definition) is 1. The van der Waals surface area contributed by atoms with E-state index in [2.05, 4.69) is 11.9 Å². The molecule has 138 valence electrons. The van der Waals surface area contributed by atoms with Crippen LogP contribution in [0.3, 0.4) is 0 Å². The summed E-state index contributed by atoms with van der Waals surface area (Å²) in [6.45, 7) is 3.90. The van der Waals surface area contributed by atoms with Gasteiger partial charge in [-0.3, -0.25) is 4.79 Å². The summed E-state index contributed by atoms with van der Waals surface area (Å²) in [4.78, 5) is 12.2. The molecule has 0 unspecified atom stereocenters. The van der Waals surface area contributed by atoms with Crippen molar-refractivity contribution in [2.75, 3.05) is 13.6 Å². The van der Waals surface area contributed by atoms with E-state index in [9.17, 15) is 13.2 Å². The maximum Gasteiger partial charge on any atom is 0.251 e. The molecule has 1 saturated carbocycles. The lowest BCUT2D eigenvalue weighted by atomic mass is 9.97. The average molecular weight is 365 g/mol. The number of carbonyl (C=O) groups is 1. The summed E-state index contributed by atoms with van der Waals surface area (Å²) < 4.78 is 27.5. The second kappa shape index (κ2) is 9.15. The van der Waals surface area contributed by atoms with Crippen LogP contribution in [0.15, 0.2) is 41.8 Å². The van der Waals surface area contributed by atoms with Crippen molar-refractivity contribution in [3.63, 3.8) is 0 Å². The van der Waals surface area contributed by atoms with Crippen LogP contribution in [-0.2, 0) is 10.0 Å². The Bertz CT molecular complexity index is 692. The van der Waals surface area contributed by atoms with E-state index in [0.717, 1.165) is 25.7 Å². The first-order chi connectivity index (χ1) is 12.0. The highest BCUT2D eigenvalue weighted by molar-refractivity contribution is 7.89. The minimum absolute atomic E-state index is 0.0311. The second-order valence-electron chi connectivity index (χ2n) is 6.55. The molecule has 6 heteroatoms. The van der Waals surface area contributed by atoms with Gasteiger partial charge in [0.15, 0.2) is 0 Å². The topological polar surface area (TPSA) is 66.5 Å². The lowest BCUT2D eigenvalue weighted by Crippen LogP contribution is -2.37. The summed E-state index contributed by atoms with van der Waals surface area (Å²) >= 11 is 0. The van der Waals surface area contributed by atoms with Crippen LogP contribution in [0.4, 0.5) is 0 Å². The van der Waals surface area contributed by atoms with Gasteiger partial charge in [0.1, 0.15) is 0 Å². The van der Waals surface area contributed by atoms with Gasteiger partial charge in [0.05, 0.1) is 4.90 Å². The molecule has 0 atom stereocenters. The van der Waals surface area contributed by atoms with Crippen LogP contribution in [0.2, 0.25) is 0 Å². The lowest BCUT2D eigenvalue weighted by molar-refractivity contribution is 0.0958. The molecule has 2 rings (SSSR count). The van der Waals surface area contributed by atoms with Crippen LogP contribution in [-0.4, -0.2) is 38.3 Å². The van der Waals surface area contributed by atoms with Gasteiger partial charge in [0.25, 0.3) is 5.91 Å². The summed E-state index contributed by atoms with van der Waals surface area (Å²) in [5.74, 6) is -0.300. The monoisotopic (exact) mass is 364 g/mol. The minimum atomic E-state index is -3.61. The molecule has 1 N–H and O–H groups in total. The number of carbonyl (C=O) groups excluding carboxylic acids is 1. The molecule has 0 bridgehead atoms. The van der Waals surface area contributed by atoms with E-state index in [-0.39, 0.29) is 16.8 Å². The van der Waals surface area contributed by atoms with Crippen LogP contribution < -0.4 is 5.32 Å². The Labute approximate surface area is 151 Å². The van der Waals surface area contributed by atoms with Crippen molar-refractivity contribution in [2.45, 2.75) is 55.9 Å². The quantitative estimate of drug-likeness (QED) is 0.787. The molecule has 1 aliphatic carbocycles. The van der Waals surface area contributed by atoms with Crippen LogP contribution >= 0.6 is 0 Å². The van der Waals surface area contributed by atoms with E-state index < -0.39 is 10.0 Å². The third kappa shape index (κ3) is 5.16. The molecular weight excluding hydrogens is 336 g/mol. The number of amides is 1. The zero-order chi connectivity index (χ0) is 18.3. The molecule has 0 aliphatic heterocycles. The molecule has 1 aromatic carbocycles. The first kappa shape index (κ1) is 19.7. The largest absolute Gasteiger partial charge is 0.349 e. The van der Waals surface area contributed by atoms with Crippen molar-refractivity contribution in [1.82, 2.24) is 9.62 Å². The normalized spacial score (nSPS) is 16.9. The van der Waals surface area contributed by atoms with Gasteiger partial charge < -0.3 is 5.32 Å². The van der Waals surface area contributed by atoms with Gasteiger partial charge in [-0.1, -0.05) is 44.2 Å². The predicted octanol–water partition coefficient (Wildman–Crippen LogP) is 3.34. The fourth-order valence-corrected chi connectivity index (χ4v) is 4.69. The summed E-state index contributed by atoms with van der Waals surface area (Å²) in [5.41, 5.74) is 0.342. The van der Waals surface area contributed by atoms with Crippen LogP contribution in [0.5, 0.6) is 0 Å². The maximum absolute atomic E-state index is 13.0. The van der Waals surface area contributed by atoms with Crippen molar-refractivity contribution >= 4 is 15.9 Å². The summed E-state index contributed by atoms with van der Waals surface area (Å²) in [7, 11) is -1.95. The van der Waals surface area contributed by atoms with Gasteiger partial charge in [-0.2, -0.15) is 4.31 Å². The SMILES string of the molecule is C=CCNC(=O)c1cccc(S(=O)(=O)N(C)C2CCCCCCC2)c1. The minimum Gasteiger partial charge on any atom is -0.349 e. The fourth-order valence-electron chi connectivity index (χ4n) is 3.23. The summed E-state index contributed by atoms with van der Waals surface area (Å²) in [5, 5.41) is 2.67. The van der Waals surface area contributed by atoms with E-state index in [1.165, 1.54) is 29.6 Å². The van der Waals surface area contributed by atoms with Gasteiger partial charge >= 0.3 is 0 Å². The van der Waals surface area contributed by atoms with E-state index in [4.69, 9.17) is 0 Å². The molecule has 0 aromatic heterocycles. The number of rotatable bonds is 6. The Morgan fingerprint density at radius 2 is 1.88 bits per heavy atom. The highest BCUT2D eigenvalue weighted by Crippen LogP contribution is 2.25. The highest BCUT2D eigenvalue weighted by Gasteiger charge is 2.28. The fraction of sp³-hybridized carbons (Fsp3) is 0.526. The predicted molar refractivity (Wildman–Crippen MR) is 100 cm³/mol. The number of nitrogens with one attached hydrogen (secondary N) is 1. The molecule has 1 amide bonds. The zero-order valence-corrected chi connectivity index (χ0v) is 15.7. The van der Waals surface area contributed by atoms with E-state index in [1.807, 2.05) is 0 Å². The lowest BCUT2D eigenvalue weighted by Gasteiger charge is -2.29. The highest BCUT2D eigenvalue weighted by atomic mass is 32.2. The Hall–Kier alpha value is -1.66. The number of sulfonamides is 1. The number of nitrogens with zero attached hydrogens (tertiary/aromatic N) is 1. The van der Waals surface area contributed by atoms with E-state index >= 15 is 0 Å². The maximum atomic E-state index is 13.0. The van der Waals surface area contributed by atoms with Gasteiger partial charge in [0.2, 0.25) is 10.0 Å². The molecule has 5 nitrogen and oxygen atoms in total. The van der Waals surface area contributed by atoms with Gasteiger partial charge in [-0.05, 0) is 31.0 Å². The molecule has 0 radical (unpaired) electrons. The first-order valence-corrected chi connectivity index (χ1v) is 10.4. The molecule has 0 heterocycles. The van der Waals surface area contributed by atoms with E-state index in [1.54, 1.807) is 31.3 Å². The number of benzene rings is 1. The van der Waals surface area contributed by atoms with Crippen LogP contribution in [0, 0.1) is 0 Å². The molecular formula is C19H28N2O3S. The Morgan fingerprint density at radius 1 is 1.24 bits per heavy atom. The third-order valence-electron chi connectivity index (χ3n) is 4.77. The Morgan fingerprint density at radius 3 is 2.52 bits per heavy atom. The van der Waals surface area contributed by atoms with Crippen molar-refractivity contribution in [3.8, 4) is 0 Å². The van der Waals surface area contributed by atoms with Crippen molar-refractivity contribution in [2.24, 2.45) is 0 Å². The van der Waals surface area contributed by atoms with Crippen molar-refractivity contribution in [3.05, 3.63) is 42.5 Å². The van der Waals surface area contributed by atoms with Crippen LogP contribution in [0.1, 0.15) is 55.3 Å². The molecule has 25 heavy (non-hydrogen) atoms. The van der Waals surface area contributed by atoms with Crippen molar-refractivity contribution in [1.29, 1.82) is 0 Å². The summed E-state index contributed by atoms with van der Waals surface area (Å²) in [6.07, 6.45) is 9.09. The molecule has 1 fully saturated rings. The number of hydrogen-bond acceptors (Lipinski definition) is 3. The van der Waals surface area contributed by atoms with Crippen LogP contribution in [0.25, 0.3) is 0 Å². The standard InChI is InChI=1S/C19H28N2O3S/c1-3-14-20-19(22)16-10-9-13-18(15-16)25(23,24)21(2)17-11-7-5-4-6-8-12-17/h3,9-10,13,15,17H,1,4-8,11-12,14H2,2H3,(H,20,22). The molecule has 1 aliphatic rings. The first-order valence-electron chi connectivity index (χ1n) is 8.94. The summed E-state index contributed by atoms with van der Waals surface area (Å²) in [6, 6.07) is 6.27. The van der Waals surface area contributed by atoms with Crippen molar-refractivity contribution < 1.29 is 13.2 Å². The second-order valence-corrected chi connectivity index (χ2v) is 8.54. The molecule has 1 aromatic rings.